The van der Waals surface area contributed by atoms with Gasteiger partial charge in [-0.1, -0.05) is 24.3 Å². The highest BCUT2D eigenvalue weighted by atomic mass is 32.3. The van der Waals surface area contributed by atoms with Gasteiger partial charge in [-0.25, -0.2) is 14.6 Å². The molecule has 1 unspecified atom stereocenters. The molecule has 3 aliphatic heterocycles. The number of piperazine rings is 1. The molecule has 0 saturated carbocycles. The van der Waals surface area contributed by atoms with Crippen LogP contribution in [-0.4, -0.2) is 127 Å². The largest absolute Gasteiger partial charge is 0.457 e. The first-order chi connectivity index (χ1) is 30.9. The second-order valence-corrected chi connectivity index (χ2v) is 18.6. The van der Waals surface area contributed by atoms with Gasteiger partial charge < -0.3 is 20.7 Å². The predicted molar refractivity (Wildman–Crippen MR) is 250 cm³/mol. The van der Waals surface area contributed by atoms with E-state index in [0.717, 1.165) is 71.8 Å². The lowest BCUT2D eigenvalue weighted by Gasteiger charge is -2.34. The number of rotatable bonds is 16. The number of amides is 2. The Kier molecular flexibility index (Phi) is 13.9. The summed E-state index contributed by atoms with van der Waals surface area (Å²) in [5.41, 5.74) is 11.6. The first kappa shape index (κ1) is 44.7. The molecule has 2 saturated heterocycles. The van der Waals surface area contributed by atoms with E-state index in [-0.39, 0.29) is 36.7 Å². The first-order valence-electron chi connectivity index (χ1n) is 22.0. The van der Waals surface area contributed by atoms with E-state index in [1.807, 2.05) is 90.2 Å². The van der Waals surface area contributed by atoms with E-state index in [1.54, 1.807) is 18.2 Å². The van der Waals surface area contributed by atoms with E-state index in [1.165, 1.54) is 6.33 Å². The molecule has 0 spiro atoms. The molecule has 6 heterocycles. The van der Waals surface area contributed by atoms with Crippen molar-refractivity contribution in [1.82, 2.24) is 43.7 Å². The second kappa shape index (κ2) is 19.9. The number of anilines is 1. The number of para-hydroxylation sites is 1. The number of allylic oxidation sites excluding steroid dienone is 1. The zero-order chi connectivity index (χ0) is 44.8. The molecule has 3 aromatic heterocycles. The summed E-state index contributed by atoms with van der Waals surface area (Å²) in [4.78, 5) is 46.2. The molecule has 17 heteroatoms. The summed E-state index contributed by atoms with van der Waals surface area (Å²) in [5.74, 6) is 1.63. The number of hydrogen-bond donors (Lipinski definition) is 2. The van der Waals surface area contributed by atoms with Crippen LogP contribution in [0.2, 0.25) is 0 Å². The normalized spacial score (nSPS) is 19.0. The van der Waals surface area contributed by atoms with Gasteiger partial charge in [0.1, 0.15) is 40.3 Å². The maximum Gasteiger partial charge on any atom is 0.246 e. The van der Waals surface area contributed by atoms with Crippen molar-refractivity contribution in [3.63, 3.8) is 0 Å². The van der Waals surface area contributed by atoms with Crippen molar-refractivity contribution < 1.29 is 22.1 Å². The Bertz CT molecular complexity index is 2530. The van der Waals surface area contributed by atoms with Crippen LogP contribution in [0.5, 0.6) is 11.5 Å². The van der Waals surface area contributed by atoms with Crippen molar-refractivity contribution in [2.24, 2.45) is 4.99 Å². The molecule has 8 rings (SSSR count). The number of likely N-dealkylation sites (tertiary alicyclic amines) is 1. The quantitative estimate of drug-likeness (QED) is 0.0993. The summed E-state index contributed by atoms with van der Waals surface area (Å²) in [7, 11) is -4.05. The Labute approximate surface area is 374 Å². The number of aliphatic imine (C=N–C) groups is 1. The molecule has 338 valence electrons. The van der Waals surface area contributed by atoms with Crippen LogP contribution in [0.25, 0.3) is 22.3 Å². The highest BCUT2D eigenvalue weighted by molar-refractivity contribution is 8.23. The number of hydrogen-bond acceptors (Lipinski definition) is 10. The smallest absolute Gasteiger partial charge is 0.246 e. The van der Waals surface area contributed by atoms with E-state index < -0.39 is 11.0 Å². The number of carbonyl (C=O) groups is 2. The van der Waals surface area contributed by atoms with E-state index in [0.29, 0.717) is 78.8 Å². The van der Waals surface area contributed by atoms with Crippen molar-refractivity contribution >= 4 is 45.4 Å². The number of aromatic nitrogens is 5. The minimum Gasteiger partial charge on any atom is -0.457 e. The molecule has 0 bridgehead atoms. The summed E-state index contributed by atoms with van der Waals surface area (Å²) >= 11 is 0. The number of ether oxygens (including phenoxy) is 1. The highest BCUT2D eigenvalue weighted by Gasteiger charge is 2.30. The number of benzene rings is 2. The monoisotopic (exact) mass is 893 g/mol. The molecule has 64 heavy (non-hydrogen) atoms. The van der Waals surface area contributed by atoms with Crippen LogP contribution in [0.3, 0.4) is 0 Å². The van der Waals surface area contributed by atoms with Gasteiger partial charge in [0.15, 0.2) is 5.65 Å². The van der Waals surface area contributed by atoms with Crippen molar-refractivity contribution in [1.29, 1.82) is 0 Å². The predicted octanol–water partition coefficient (Wildman–Crippen LogP) is 7.05. The molecular weight excluding hydrogens is 837 g/mol. The van der Waals surface area contributed by atoms with Crippen molar-refractivity contribution in [2.75, 3.05) is 70.9 Å². The van der Waals surface area contributed by atoms with E-state index >= 15 is 0 Å². The maximum absolute atomic E-state index is 14.9. The Morgan fingerprint density at radius 1 is 0.938 bits per heavy atom. The lowest BCUT2D eigenvalue weighted by atomic mass is 10.1. The number of fused-ring (bicyclic) bond motifs is 1. The number of carbonyl (C=O) groups excluding carboxylic acids is 2. The zero-order valence-corrected chi connectivity index (χ0v) is 37.5. The summed E-state index contributed by atoms with van der Waals surface area (Å²) in [5, 5.41) is 8.70. The average molecular weight is 894 g/mol. The summed E-state index contributed by atoms with van der Waals surface area (Å²) in [6.07, 6.45) is 10.5. The van der Waals surface area contributed by atoms with Crippen LogP contribution in [0.15, 0.2) is 102 Å². The van der Waals surface area contributed by atoms with E-state index in [2.05, 4.69) is 30.1 Å². The molecule has 0 radical (unpaired) electrons. The maximum atomic E-state index is 14.9. The van der Waals surface area contributed by atoms with Gasteiger partial charge in [0.2, 0.25) is 11.8 Å². The number of halogens is 2. The summed E-state index contributed by atoms with van der Waals surface area (Å²) in [6.45, 7) is 10.3. The molecule has 0 aliphatic carbocycles. The molecule has 2 amide bonds. The Balaban J connectivity index is 0.775. The minimum atomic E-state index is -4.05. The fourth-order valence-electron chi connectivity index (χ4n) is 8.87. The Morgan fingerprint density at radius 3 is 2.41 bits per heavy atom. The van der Waals surface area contributed by atoms with Gasteiger partial charge in [-0.05, 0) is 93.3 Å². The summed E-state index contributed by atoms with van der Waals surface area (Å²) < 4.78 is 38.8. The number of nitrogens with one attached hydrogen (secondary N) is 1. The molecule has 3 aliphatic rings. The summed E-state index contributed by atoms with van der Waals surface area (Å²) in [6, 6.07) is 20.6. The Morgan fingerprint density at radius 2 is 1.67 bits per heavy atom. The molecule has 5 aromatic rings. The third kappa shape index (κ3) is 10.7. The number of nitrogens with zero attached hydrogens (tertiary/aromatic N) is 9. The van der Waals surface area contributed by atoms with Gasteiger partial charge in [-0.15, -0.1) is 7.77 Å². The number of nitrogens with two attached hydrogens (primary N) is 1. The SMILES string of the molecule is CC1=CC(C)=NC1Cc1ccc(CCC(=O)NCCN2CCN(C/C=C/C(=O)N3CCC[C@@H](n4nc(-c5ccc(Oc6ccccc6)cc5)c5c(N)ncnc54)C3)CC2)n1S(C)(F)F. The van der Waals surface area contributed by atoms with Gasteiger partial charge in [0, 0.05) is 107 Å². The third-order valence-electron chi connectivity index (χ3n) is 12.2. The molecule has 14 nitrogen and oxygen atoms in total. The molecular formula is C47H57F2N11O3S. The molecule has 3 N–H and O–H groups in total. The second-order valence-electron chi connectivity index (χ2n) is 16.8. The van der Waals surface area contributed by atoms with Crippen LogP contribution in [-0.2, 0) is 22.4 Å². The highest BCUT2D eigenvalue weighted by Crippen LogP contribution is 2.51. The van der Waals surface area contributed by atoms with Gasteiger partial charge in [0.25, 0.3) is 0 Å². The van der Waals surface area contributed by atoms with Crippen LogP contribution in [0.4, 0.5) is 13.6 Å². The molecule has 2 atom stereocenters. The third-order valence-corrected chi connectivity index (χ3v) is 13.3. The van der Waals surface area contributed by atoms with Crippen LogP contribution in [0.1, 0.15) is 50.5 Å². The van der Waals surface area contributed by atoms with Crippen LogP contribution in [0, 0.1) is 0 Å². The number of nitrogen functional groups attached to an aromatic ring is 1. The van der Waals surface area contributed by atoms with Gasteiger partial charge in [-0.3, -0.25) is 28.4 Å². The Hall–Kier alpha value is -5.91. The van der Waals surface area contributed by atoms with Crippen molar-refractivity contribution in [2.45, 2.75) is 58.0 Å². The van der Waals surface area contributed by atoms with Crippen molar-refractivity contribution in [3.05, 3.63) is 108 Å². The van der Waals surface area contributed by atoms with E-state index in [9.17, 15) is 17.4 Å². The average Bonchev–Trinajstić information content (AvgIpc) is 3.98. The fourth-order valence-corrected chi connectivity index (χ4v) is 9.99. The lowest BCUT2D eigenvalue weighted by molar-refractivity contribution is -0.127. The minimum absolute atomic E-state index is 0.0291. The van der Waals surface area contributed by atoms with Gasteiger partial charge in [0.05, 0.1) is 17.5 Å². The first-order valence-corrected chi connectivity index (χ1v) is 23.8. The van der Waals surface area contributed by atoms with Gasteiger partial charge >= 0.3 is 0 Å². The molecule has 2 fully saturated rings. The van der Waals surface area contributed by atoms with Gasteiger partial charge in [-0.2, -0.15) is 5.10 Å². The number of aryl methyl sites for hydroxylation is 1. The fraction of sp³-hybridized carbons (Fsp3) is 0.404. The zero-order valence-electron chi connectivity index (χ0n) is 36.7. The number of piperidine rings is 1. The standard InChI is InChI=1S/C47H57F2N11O3S/c1-33-29-34(2)54-41(33)30-37-16-15-36(60(37)64(3,48)49)17-20-42(61)51-21-24-57-27-25-56(26-28-57)22-8-12-43(62)58-23-7-9-38(31-58)59-47-44(46(50)52-32-53-47)45(55-59)35-13-18-40(19-14-35)63-39-10-5-4-6-11-39/h4-6,8,10-16,18-19,29,32,38,41H,7,9,17,20-28,30-31H2,1-3H3,(H,51,61)(H2,50,52,53)/b12-8+/t38-,41?/m1/s1. The van der Waals surface area contributed by atoms with Crippen LogP contribution >= 0.6 is 11.0 Å². The lowest BCUT2D eigenvalue weighted by Crippen LogP contribution is -2.48. The van der Waals surface area contributed by atoms with Crippen LogP contribution < -0.4 is 15.8 Å². The van der Waals surface area contributed by atoms with E-state index in [4.69, 9.17) is 15.6 Å². The van der Waals surface area contributed by atoms with Crippen molar-refractivity contribution in [3.8, 4) is 22.8 Å². The topological polar surface area (TPSA) is 152 Å². The molecule has 2 aromatic carbocycles.